The highest BCUT2D eigenvalue weighted by Crippen LogP contribution is 2.25. The van der Waals surface area contributed by atoms with E-state index in [-0.39, 0.29) is 11.9 Å². The van der Waals surface area contributed by atoms with Crippen LogP contribution in [0.1, 0.15) is 36.0 Å². The first-order valence-corrected chi connectivity index (χ1v) is 7.34. The molecule has 1 fully saturated rings. The molecule has 0 saturated carbocycles. The molecule has 2 rings (SSSR count). The number of piperidine rings is 1. The van der Waals surface area contributed by atoms with Crippen molar-refractivity contribution in [2.45, 2.75) is 31.7 Å². The average Bonchev–Trinajstić information content (AvgIpc) is 2.38. The molecule has 1 aromatic carbocycles. The lowest BCUT2D eigenvalue weighted by molar-refractivity contribution is 0.0605. The van der Waals surface area contributed by atoms with Crippen LogP contribution in [0.4, 0.5) is 0 Å². The lowest BCUT2D eigenvalue weighted by Gasteiger charge is -2.35. The van der Waals surface area contributed by atoms with E-state index in [9.17, 15) is 4.79 Å². The zero-order valence-corrected chi connectivity index (χ0v) is 12.3. The minimum Gasteiger partial charge on any atom is -0.336 e. The molecule has 1 aliphatic rings. The van der Waals surface area contributed by atoms with Gasteiger partial charge < -0.3 is 10.6 Å². The summed E-state index contributed by atoms with van der Waals surface area (Å²) in [4.78, 5) is 14.5. The van der Waals surface area contributed by atoms with Crippen LogP contribution in [-0.2, 0) is 0 Å². The van der Waals surface area contributed by atoms with E-state index in [4.69, 9.17) is 28.9 Å². The summed E-state index contributed by atoms with van der Waals surface area (Å²) in [6.07, 6.45) is 4.07. The number of hydrogen-bond donors (Lipinski definition) is 1. The predicted octanol–water partition coefficient (Wildman–Crippen LogP) is 3.34. The van der Waals surface area contributed by atoms with Crippen LogP contribution in [0.15, 0.2) is 18.2 Å². The lowest BCUT2D eigenvalue weighted by Crippen LogP contribution is -2.44. The second-order valence-corrected chi connectivity index (χ2v) is 5.76. The Hall–Kier alpha value is -0.770. The average molecular weight is 301 g/mol. The van der Waals surface area contributed by atoms with Crippen LogP contribution in [0, 0.1) is 0 Å². The summed E-state index contributed by atoms with van der Waals surface area (Å²) in [5.41, 5.74) is 6.19. The van der Waals surface area contributed by atoms with Crippen molar-refractivity contribution in [2.24, 2.45) is 5.73 Å². The van der Waals surface area contributed by atoms with E-state index in [0.29, 0.717) is 22.2 Å². The molecule has 5 heteroatoms. The summed E-state index contributed by atoms with van der Waals surface area (Å²) < 4.78 is 0. The number of halogens is 2. The van der Waals surface area contributed by atoms with Crippen LogP contribution in [0.2, 0.25) is 10.0 Å². The van der Waals surface area contributed by atoms with Gasteiger partial charge in [0.25, 0.3) is 5.91 Å². The number of nitrogens with zero attached hydrogens (tertiary/aromatic N) is 1. The van der Waals surface area contributed by atoms with Crippen LogP contribution < -0.4 is 5.73 Å². The fourth-order valence-corrected chi connectivity index (χ4v) is 3.13. The van der Waals surface area contributed by atoms with Crippen molar-refractivity contribution in [3.63, 3.8) is 0 Å². The van der Waals surface area contributed by atoms with Crippen molar-refractivity contribution in [1.29, 1.82) is 0 Å². The normalized spacial score (nSPS) is 19.5. The third kappa shape index (κ3) is 3.62. The van der Waals surface area contributed by atoms with E-state index < -0.39 is 0 Å². The first kappa shape index (κ1) is 14.6. The summed E-state index contributed by atoms with van der Waals surface area (Å²) in [7, 11) is 0. The van der Waals surface area contributed by atoms with Gasteiger partial charge >= 0.3 is 0 Å². The summed E-state index contributed by atoms with van der Waals surface area (Å²) in [6.45, 7) is 1.39. The zero-order chi connectivity index (χ0) is 13.8. The fraction of sp³-hybridized carbons (Fsp3) is 0.500. The highest BCUT2D eigenvalue weighted by molar-refractivity contribution is 6.35. The van der Waals surface area contributed by atoms with Crippen LogP contribution in [-0.4, -0.2) is 29.9 Å². The Morgan fingerprint density at radius 2 is 1.95 bits per heavy atom. The molecule has 19 heavy (non-hydrogen) atoms. The molecular weight excluding hydrogens is 283 g/mol. The molecule has 0 aliphatic carbocycles. The first-order chi connectivity index (χ1) is 9.11. The zero-order valence-electron chi connectivity index (χ0n) is 10.7. The van der Waals surface area contributed by atoms with Gasteiger partial charge in [-0.15, -0.1) is 0 Å². The molecular formula is C14H18Cl2N2O. The Labute approximate surface area is 123 Å². The third-order valence-electron chi connectivity index (χ3n) is 3.50. The summed E-state index contributed by atoms with van der Waals surface area (Å²) in [6, 6.07) is 5.21. The second-order valence-electron chi connectivity index (χ2n) is 4.88. The monoisotopic (exact) mass is 300 g/mol. The smallest absolute Gasteiger partial charge is 0.254 e. The summed E-state index contributed by atoms with van der Waals surface area (Å²) >= 11 is 11.9. The number of carbonyl (C=O) groups excluding carboxylic acids is 1. The molecule has 1 heterocycles. The van der Waals surface area contributed by atoms with Gasteiger partial charge in [0, 0.05) is 28.2 Å². The van der Waals surface area contributed by atoms with Crippen LogP contribution >= 0.6 is 23.2 Å². The molecule has 0 radical (unpaired) electrons. The van der Waals surface area contributed by atoms with Gasteiger partial charge in [0.2, 0.25) is 0 Å². The highest BCUT2D eigenvalue weighted by Gasteiger charge is 2.27. The van der Waals surface area contributed by atoms with Crippen molar-refractivity contribution in [3.05, 3.63) is 33.8 Å². The van der Waals surface area contributed by atoms with E-state index in [1.54, 1.807) is 18.2 Å². The maximum Gasteiger partial charge on any atom is 0.254 e. The molecule has 1 aliphatic heterocycles. The molecule has 0 spiro atoms. The molecule has 1 atom stereocenters. The van der Waals surface area contributed by atoms with Gasteiger partial charge in [-0.1, -0.05) is 23.2 Å². The SMILES string of the molecule is NCCC1CCCCN1C(=O)c1cc(Cl)cc(Cl)c1. The van der Waals surface area contributed by atoms with Gasteiger partial charge in [0.1, 0.15) is 0 Å². The number of rotatable bonds is 3. The Morgan fingerprint density at radius 3 is 2.58 bits per heavy atom. The van der Waals surface area contributed by atoms with Crippen molar-refractivity contribution < 1.29 is 4.79 Å². The lowest BCUT2D eigenvalue weighted by atomic mass is 9.98. The topological polar surface area (TPSA) is 46.3 Å². The first-order valence-electron chi connectivity index (χ1n) is 6.59. The Kier molecular flexibility index (Phi) is 5.08. The van der Waals surface area contributed by atoms with E-state index in [1.165, 1.54) is 0 Å². The standard InChI is InChI=1S/C14H18Cl2N2O/c15-11-7-10(8-12(16)9-11)14(19)18-6-2-1-3-13(18)4-5-17/h7-9,13H,1-6,17H2. The van der Waals surface area contributed by atoms with E-state index in [2.05, 4.69) is 0 Å². The number of nitrogens with two attached hydrogens (primary N) is 1. The van der Waals surface area contributed by atoms with E-state index in [1.807, 2.05) is 4.90 Å². The highest BCUT2D eigenvalue weighted by atomic mass is 35.5. The van der Waals surface area contributed by atoms with Crippen LogP contribution in [0.5, 0.6) is 0 Å². The van der Waals surface area contributed by atoms with Gasteiger partial charge in [-0.05, 0) is 50.4 Å². The quantitative estimate of drug-likeness (QED) is 0.930. The Morgan fingerprint density at radius 1 is 1.26 bits per heavy atom. The predicted molar refractivity (Wildman–Crippen MR) is 78.8 cm³/mol. The fourth-order valence-electron chi connectivity index (χ4n) is 2.60. The number of carbonyl (C=O) groups is 1. The third-order valence-corrected chi connectivity index (χ3v) is 3.93. The Balaban J connectivity index is 2.20. The van der Waals surface area contributed by atoms with Crippen molar-refractivity contribution in [3.8, 4) is 0 Å². The van der Waals surface area contributed by atoms with Gasteiger partial charge in [-0.3, -0.25) is 4.79 Å². The minimum absolute atomic E-state index is 0.00236. The van der Waals surface area contributed by atoms with Crippen LogP contribution in [0.25, 0.3) is 0 Å². The maximum absolute atomic E-state index is 12.6. The molecule has 0 aromatic heterocycles. The molecule has 104 valence electrons. The van der Waals surface area contributed by atoms with Gasteiger partial charge in [-0.2, -0.15) is 0 Å². The van der Waals surface area contributed by atoms with Gasteiger partial charge in [0.05, 0.1) is 0 Å². The molecule has 0 bridgehead atoms. The molecule has 1 amide bonds. The van der Waals surface area contributed by atoms with Gasteiger partial charge in [0.15, 0.2) is 0 Å². The molecule has 1 unspecified atom stereocenters. The summed E-state index contributed by atoms with van der Waals surface area (Å²) in [5, 5.41) is 0.978. The molecule has 1 aromatic rings. The summed E-state index contributed by atoms with van der Waals surface area (Å²) in [5.74, 6) is 0.00236. The number of benzene rings is 1. The van der Waals surface area contributed by atoms with Crippen LogP contribution in [0.3, 0.4) is 0 Å². The minimum atomic E-state index is 0.00236. The Bertz CT molecular complexity index is 443. The largest absolute Gasteiger partial charge is 0.336 e. The molecule has 3 nitrogen and oxygen atoms in total. The number of likely N-dealkylation sites (tertiary alicyclic amines) is 1. The molecule has 1 saturated heterocycles. The van der Waals surface area contributed by atoms with Crippen molar-refractivity contribution in [2.75, 3.05) is 13.1 Å². The number of hydrogen-bond acceptors (Lipinski definition) is 2. The number of amides is 1. The molecule has 2 N–H and O–H groups in total. The maximum atomic E-state index is 12.6. The van der Waals surface area contributed by atoms with E-state index in [0.717, 1.165) is 32.2 Å². The second kappa shape index (κ2) is 6.60. The van der Waals surface area contributed by atoms with E-state index >= 15 is 0 Å². The van der Waals surface area contributed by atoms with Crippen molar-refractivity contribution >= 4 is 29.1 Å². The van der Waals surface area contributed by atoms with Gasteiger partial charge in [-0.25, -0.2) is 0 Å². The van der Waals surface area contributed by atoms with Crippen molar-refractivity contribution in [1.82, 2.24) is 4.90 Å².